The van der Waals surface area contributed by atoms with Crippen molar-refractivity contribution >= 4 is 40.2 Å². The van der Waals surface area contributed by atoms with Crippen LogP contribution in [-0.2, 0) is 9.53 Å². The quantitative estimate of drug-likeness (QED) is 0.492. The average molecular weight is 276 g/mol. The fraction of sp³-hybridized carbons (Fsp3) is 0.500. The Morgan fingerprint density at radius 3 is 2.82 bits per heavy atom. The van der Waals surface area contributed by atoms with E-state index >= 15 is 0 Å². The number of rotatable bonds is 4. The number of aromatic nitrogens is 2. The maximum atomic E-state index is 11.3. The van der Waals surface area contributed by atoms with Gasteiger partial charge in [0.25, 0.3) is 0 Å². The molecule has 0 saturated carbocycles. The summed E-state index contributed by atoms with van der Waals surface area (Å²) in [7, 11) is 4.45. The van der Waals surface area contributed by atoms with Crippen LogP contribution in [0.2, 0.25) is 0 Å². The van der Waals surface area contributed by atoms with E-state index in [-0.39, 0.29) is 17.8 Å². The molecule has 9 heteroatoms. The van der Waals surface area contributed by atoms with Gasteiger partial charge in [-0.3, -0.25) is 9.69 Å². The van der Waals surface area contributed by atoms with Crippen molar-refractivity contribution in [2.45, 2.75) is 4.34 Å². The van der Waals surface area contributed by atoms with Crippen molar-refractivity contribution in [3.05, 3.63) is 0 Å². The summed E-state index contributed by atoms with van der Waals surface area (Å²) in [5.74, 6) is -0.152. The van der Waals surface area contributed by atoms with Gasteiger partial charge in [0.05, 0.1) is 12.9 Å². The minimum absolute atomic E-state index is 0.175. The number of methoxy groups -OCH3 is 1. The van der Waals surface area contributed by atoms with E-state index < -0.39 is 0 Å². The highest BCUT2D eigenvalue weighted by atomic mass is 32.2. The predicted octanol–water partition coefficient (Wildman–Crippen LogP) is 0.579. The van der Waals surface area contributed by atoms with Crippen LogP contribution in [0.5, 0.6) is 0 Å². The third kappa shape index (κ3) is 3.86. The standard InChI is InChI=1S/C8H12N4O3S2/c1-9-6(14)12(2)7-10-11-8(17-7)16-4-5(13)15-3/h4H2,1-3H3,(H,9,14). The van der Waals surface area contributed by atoms with Gasteiger partial charge in [-0.25, -0.2) is 4.79 Å². The molecule has 2 amide bonds. The van der Waals surface area contributed by atoms with Crippen molar-refractivity contribution < 1.29 is 14.3 Å². The number of hydrogen-bond acceptors (Lipinski definition) is 7. The minimum Gasteiger partial charge on any atom is -0.468 e. The molecule has 94 valence electrons. The average Bonchev–Trinajstić information content (AvgIpc) is 2.82. The van der Waals surface area contributed by atoms with E-state index in [0.717, 1.165) is 0 Å². The number of esters is 1. The summed E-state index contributed by atoms with van der Waals surface area (Å²) in [6.07, 6.45) is 0. The van der Waals surface area contributed by atoms with Gasteiger partial charge < -0.3 is 10.1 Å². The molecule has 0 aliphatic rings. The van der Waals surface area contributed by atoms with Crippen molar-refractivity contribution in [1.82, 2.24) is 15.5 Å². The summed E-state index contributed by atoms with van der Waals surface area (Å²) in [6.45, 7) is 0. The molecule has 0 radical (unpaired) electrons. The van der Waals surface area contributed by atoms with Crippen LogP contribution in [0.1, 0.15) is 0 Å². The first-order chi connectivity index (χ1) is 8.08. The second-order valence-corrected chi connectivity index (χ2v) is 5.01. The topological polar surface area (TPSA) is 84.4 Å². The van der Waals surface area contributed by atoms with Crippen LogP contribution >= 0.6 is 23.1 Å². The van der Waals surface area contributed by atoms with Gasteiger partial charge in [-0.2, -0.15) is 0 Å². The summed E-state index contributed by atoms with van der Waals surface area (Å²) in [4.78, 5) is 23.6. The van der Waals surface area contributed by atoms with Crippen LogP contribution in [0, 0.1) is 0 Å². The lowest BCUT2D eigenvalue weighted by Gasteiger charge is -2.10. The van der Waals surface area contributed by atoms with Gasteiger partial charge in [-0.05, 0) is 0 Å². The van der Waals surface area contributed by atoms with E-state index in [4.69, 9.17) is 0 Å². The second-order valence-electron chi connectivity index (χ2n) is 2.83. The molecule has 17 heavy (non-hydrogen) atoms. The number of ether oxygens (including phenoxy) is 1. The largest absolute Gasteiger partial charge is 0.468 e. The molecule has 7 nitrogen and oxygen atoms in total. The lowest BCUT2D eigenvalue weighted by Crippen LogP contribution is -2.34. The van der Waals surface area contributed by atoms with E-state index in [1.54, 1.807) is 7.05 Å². The second kappa shape index (κ2) is 6.40. The van der Waals surface area contributed by atoms with Crippen LogP contribution in [0.25, 0.3) is 0 Å². The Bertz CT molecular complexity index is 409. The number of amides is 2. The van der Waals surface area contributed by atoms with Crippen LogP contribution in [0.15, 0.2) is 4.34 Å². The molecule has 0 atom stereocenters. The summed E-state index contributed by atoms with van der Waals surface area (Å²) >= 11 is 2.46. The van der Waals surface area contributed by atoms with Gasteiger partial charge >= 0.3 is 12.0 Å². The van der Waals surface area contributed by atoms with Gasteiger partial charge in [0.1, 0.15) is 0 Å². The number of thioether (sulfide) groups is 1. The number of anilines is 1. The molecule has 0 spiro atoms. The first-order valence-electron chi connectivity index (χ1n) is 4.57. The van der Waals surface area contributed by atoms with Crippen LogP contribution in [0.4, 0.5) is 9.93 Å². The number of nitrogens with zero attached hydrogens (tertiary/aromatic N) is 3. The number of nitrogens with one attached hydrogen (secondary N) is 1. The SMILES string of the molecule is CNC(=O)N(C)c1nnc(SCC(=O)OC)s1. The molecule has 0 aliphatic heterocycles. The zero-order chi connectivity index (χ0) is 12.8. The zero-order valence-electron chi connectivity index (χ0n) is 9.59. The molecule has 0 saturated heterocycles. The Balaban J connectivity index is 2.59. The third-order valence-electron chi connectivity index (χ3n) is 1.74. The van der Waals surface area contributed by atoms with Crippen LogP contribution in [0.3, 0.4) is 0 Å². The molecule has 0 unspecified atom stereocenters. The maximum absolute atomic E-state index is 11.3. The van der Waals surface area contributed by atoms with Gasteiger partial charge in [-0.1, -0.05) is 23.1 Å². The maximum Gasteiger partial charge on any atom is 0.323 e. The molecule has 1 heterocycles. The highest BCUT2D eigenvalue weighted by molar-refractivity contribution is 8.01. The number of carbonyl (C=O) groups is 2. The van der Waals surface area contributed by atoms with Crippen molar-refractivity contribution in [3.63, 3.8) is 0 Å². The van der Waals surface area contributed by atoms with E-state index in [2.05, 4.69) is 20.3 Å². The summed E-state index contributed by atoms with van der Waals surface area (Å²) in [5, 5.41) is 10.7. The van der Waals surface area contributed by atoms with E-state index in [1.807, 2.05) is 0 Å². The van der Waals surface area contributed by atoms with Gasteiger partial charge in [-0.15, -0.1) is 10.2 Å². The minimum atomic E-state index is -0.327. The Hall–Kier alpha value is -1.35. The molecule has 1 N–H and O–H groups in total. The molecule has 0 aromatic carbocycles. The molecule has 0 fully saturated rings. The van der Waals surface area contributed by atoms with E-state index in [9.17, 15) is 9.59 Å². The lowest BCUT2D eigenvalue weighted by molar-refractivity contribution is -0.137. The van der Waals surface area contributed by atoms with Crippen molar-refractivity contribution in [2.75, 3.05) is 31.9 Å². The first kappa shape index (κ1) is 13.7. The summed E-state index contributed by atoms with van der Waals surface area (Å²) in [6, 6.07) is -0.273. The fourth-order valence-corrected chi connectivity index (χ4v) is 2.46. The molecule has 1 aromatic heterocycles. The molecule has 1 rings (SSSR count). The number of urea groups is 1. The third-order valence-corrected chi connectivity index (χ3v) is 3.85. The highest BCUT2D eigenvalue weighted by Crippen LogP contribution is 2.27. The monoisotopic (exact) mass is 276 g/mol. The Morgan fingerprint density at radius 2 is 2.24 bits per heavy atom. The smallest absolute Gasteiger partial charge is 0.323 e. The van der Waals surface area contributed by atoms with Crippen molar-refractivity contribution in [1.29, 1.82) is 0 Å². The molecule has 0 bridgehead atoms. The zero-order valence-corrected chi connectivity index (χ0v) is 11.2. The lowest BCUT2D eigenvalue weighted by atomic mass is 10.8. The predicted molar refractivity (Wildman–Crippen MR) is 65.5 cm³/mol. The summed E-state index contributed by atoms with van der Waals surface area (Å²) < 4.78 is 5.12. The number of carbonyl (C=O) groups excluding carboxylic acids is 2. The summed E-state index contributed by atoms with van der Waals surface area (Å²) in [5.41, 5.74) is 0. The highest BCUT2D eigenvalue weighted by Gasteiger charge is 2.15. The molecule has 1 aromatic rings. The van der Waals surface area contributed by atoms with Crippen molar-refractivity contribution in [2.24, 2.45) is 0 Å². The van der Waals surface area contributed by atoms with Crippen LogP contribution in [-0.4, -0.2) is 49.2 Å². The molecular weight excluding hydrogens is 264 g/mol. The van der Waals surface area contributed by atoms with Gasteiger partial charge in [0, 0.05) is 14.1 Å². The molecule has 0 aliphatic carbocycles. The van der Waals surface area contributed by atoms with E-state index in [0.29, 0.717) is 9.47 Å². The van der Waals surface area contributed by atoms with Crippen LogP contribution < -0.4 is 10.2 Å². The van der Waals surface area contributed by atoms with Gasteiger partial charge in [0.2, 0.25) is 5.13 Å². The first-order valence-corrected chi connectivity index (χ1v) is 6.37. The number of hydrogen-bond donors (Lipinski definition) is 1. The van der Waals surface area contributed by atoms with E-state index in [1.165, 1.54) is 42.2 Å². The Labute approximate surface area is 107 Å². The Kier molecular flexibility index (Phi) is 5.16. The fourth-order valence-electron chi connectivity index (χ4n) is 0.831. The Morgan fingerprint density at radius 1 is 1.53 bits per heavy atom. The van der Waals surface area contributed by atoms with Gasteiger partial charge in [0.15, 0.2) is 4.34 Å². The van der Waals surface area contributed by atoms with Crippen molar-refractivity contribution in [3.8, 4) is 0 Å². The molecular formula is C8H12N4O3S2. The normalized spacial score (nSPS) is 9.82.